The number of rotatable bonds is 8. The third-order valence-corrected chi connectivity index (χ3v) is 6.13. The van der Waals surface area contributed by atoms with Crippen molar-refractivity contribution in [1.29, 1.82) is 0 Å². The number of hydrogen-bond donors (Lipinski definition) is 1. The van der Waals surface area contributed by atoms with Gasteiger partial charge in [-0.3, -0.25) is 4.79 Å². The van der Waals surface area contributed by atoms with E-state index in [0.717, 1.165) is 17.7 Å². The number of nitrogens with one attached hydrogen (secondary N) is 1. The summed E-state index contributed by atoms with van der Waals surface area (Å²) < 4.78 is 6.05. The molecule has 6 nitrogen and oxygen atoms in total. The molecule has 0 aliphatic carbocycles. The number of amides is 3. The van der Waals surface area contributed by atoms with E-state index in [2.05, 4.69) is 23.3 Å². The van der Waals surface area contributed by atoms with Gasteiger partial charge in [-0.15, -0.1) is 17.9 Å². The van der Waals surface area contributed by atoms with Crippen molar-refractivity contribution >= 4 is 23.3 Å². The summed E-state index contributed by atoms with van der Waals surface area (Å²) in [6, 6.07) is 9.55. The molecule has 0 radical (unpaired) electrons. The van der Waals surface area contributed by atoms with Gasteiger partial charge in [-0.1, -0.05) is 23.8 Å². The summed E-state index contributed by atoms with van der Waals surface area (Å²) in [5.74, 6) is 0.698. The first kappa shape index (κ1) is 21.9. The minimum atomic E-state index is -0.258. The van der Waals surface area contributed by atoms with Crippen molar-refractivity contribution in [2.75, 3.05) is 32.8 Å². The Labute approximate surface area is 182 Å². The highest BCUT2D eigenvalue weighted by molar-refractivity contribution is 7.10. The maximum atomic E-state index is 13.2. The number of ether oxygens (including phenoxy) is 1. The zero-order valence-corrected chi connectivity index (χ0v) is 18.4. The van der Waals surface area contributed by atoms with Crippen LogP contribution in [0.5, 0.6) is 5.75 Å². The number of aryl methyl sites for hydroxylation is 1. The monoisotopic (exact) mass is 427 g/mol. The Morgan fingerprint density at radius 1 is 1.33 bits per heavy atom. The smallest absolute Gasteiger partial charge is 0.318 e. The topological polar surface area (TPSA) is 61.9 Å². The summed E-state index contributed by atoms with van der Waals surface area (Å²) in [5, 5.41) is 4.82. The molecule has 1 atom stereocenters. The fourth-order valence-electron chi connectivity index (χ4n) is 3.58. The molecule has 0 bridgehead atoms. The van der Waals surface area contributed by atoms with Crippen LogP contribution in [0.25, 0.3) is 0 Å². The Bertz CT molecular complexity index is 878. The molecule has 7 heteroatoms. The molecular weight excluding hydrogens is 398 g/mol. The molecule has 3 rings (SSSR count). The van der Waals surface area contributed by atoms with Crippen molar-refractivity contribution in [2.45, 2.75) is 26.3 Å². The zero-order chi connectivity index (χ0) is 21.5. The molecule has 1 aromatic heterocycles. The standard InChI is InChI=1S/C23H29N3O3S/c1-4-12-25(23(28)24-5-2)15-22(27)26-13-10-21-19(11-14-30-21)20(26)16-29-18-8-6-17(3)7-9-18/h4,6-9,11,14,20H,1,5,10,12-13,15-16H2,2-3H3,(H,24,28). The molecule has 1 aliphatic heterocycles. The maximum absolute atomic E-state index is 13.2. The minimum absolute atomic E-state index is 0.0123. The molecule has 30 heavy (non-hydrogen) atoms. The molecular formula is C23H29N3O3S. The number of fused-ring (bicyclic) bond motifs is 1. The maximum Gasteiger partial charge on any atom is 0.318 e. The first-order valence-electron chi connectivity index (χ1n) is 10.2. The predicted molar refractivity (Wildman–Crippen MR) is 120 cm³/mol. The molecule has 0 fully saturated rings. The molecule has 160 valence electrons. The van der Waals surface area contributed by atoms with Gasteiger partial charge in [-0.2, -0.15) is 0 Å². The van der Waals surface area contributed by atoms with Crippen molar-refractivity contribution in [3.05, 3.63) is 64.4 Å². The van der Waals surface area contributed by atoms with Gasteiger partial charge in [0.15, 0.2) is 0 Å². The Morgan fingerprint density at radius 3 is 2.80 bits per heavy atom. The van der Waals surface area contributed by atoms with E-state index in [1.807, 2.05) is 43.0 Å². The van der Waals surface area contributed by atoms with E-state index in [-0.39, 0.29) is 24.5 Å². The van der Waals surface area contributed by atoms with Crippen LogP contribution >= 0.6 is 11.3 Å². The summed E-state index contributed by atoms with van der Waals surface area (Å²) in [6.45, 7) is 9.43. The van der Waals surface area contributed by atoms with Crippen LogP contribution in [0.3, 0.4) is 0 Å². The molecule has 0 saturated heterocycles. The van der Waals surface area contributed by atoms with Crippen LogP contribution < -0.4 is 10.1 Å². The molecule has 0 saturated carbocycles. The molecule has 0 spiro atoms. The van der Waals surface area contributed by atoms with Gasteiger partial charge in [0.1, 0.15) is 18.9 Å². The van der Waals surface area contributed by atoms with Crippen LogP contribution in [0.15, 0.2) is 48.4 Å². The van der Waals surface area contributed by atoms with E-state index in [4.69, 9.17) is 4.74 Å². The van der Waals surface area contributed by atoms with Crippen LogP contribution in [0.4, 0.5) is 4.79 Å². The fourth-order valence-corrected chi connectivity index (χ4v) is 4.50. The lowest BCUT2D eigenvalue weighted by atomic mass is 10.0. The van der Waals surface area contributed by atoms with Gasteiger partial charge < -0.3 is 19.9 Å². The van der Waals surface area contributed by atoms with E-state index in [0.29, 0.717) is 26.2 Å². The number of thiophene rings is 1. The first-order chi connectivity index (χ1) is 14.5. The lowest BCUT2D eigenvalue weighted by molar-refractivity contribution is -0.135. The number of carbonyl (C=O) groups excluding carboxylic acids is 2. The van der Waals surface area contributed by atoms with E-state index < -0.39 is 0 Å². The van der Waals surface area contributed by atoms with Crippen LogP contribution in [-0.2, 0) is 11.2 Å². The van der Waals surface area contributed by atoms with Crippen molar-refractivity contribution in [1.82, 2.24) is 15.1 Å². The molecule has 1 aliphatic rings. The quantitative estimate of drug-likeness (QED) is 0.652. The number of carbonyl (C=O) groups is 2. The van der Waals surface area contributed by atoms with Gasteiger partial charge in [-0.05, 0) is 49.4 Å². The third-order valence-electron chi connectivity index (χ3n) is 5.13. The Kier molecular flexibility index (Phi) is 7.52. The second-order valence-corrected chi connectivity index (χ2v) is 8.28. The second-order valence-electron chi connectivity index (χ2n) is 7.28. The lowest BCUT2D eigenvalue weighted by Crippen LogP contribution is -2.49. The SMILES string of the molecule is C=CCN(CC(=O)N1CCc2sccc2C1COc1ccc(C)cc1)C(=O)NCC. The Hall–Kier alpha value is -2.80. The third kappa shape index (κ3) is 5.21. The number of urea groups is 1. The summed E-state index contributed by atoms with van der Waals surface area (Å²) in [5.41, 5.74) is 2.31. The van der Waals surface area contributed by atoms with Gasteiger partial charge in [0, 0.05) is 24.5 Å². The fraction of sp³-hybridized carbons (Fsp3) is 0.391. The van der Waals surface area contributed by atoms with Crippen LogP contribution in [0.1, 0.15) is 29.0 Å². The molecule has 2 heterocycles. The summed E-state index contributed by atoms with van der Waals surface area (Å²) in [7, 11) is 0. The van der Waals surface area contributed by atoms with Crippen LogP contribution in [0, 0.1) is 6.92 Å². The first-order valence-corrected chi connectivity index (χ1v) is 11.1. The second kappa shape index (κ2) is 10.3. The Balaban J connectivity index is 1.75. The van der Waals surface area contributed by atoms with Crippen molar-refractivity contribution in [2.24, 2.45) is 0 Å². The van der Waals surface area contributed by atoms with Crippen LogP contribution in [-0.4, -0.2) is 54.5 Å². The van der Waals surface area contributed by atoms with Crippen molar-refractivity contribution in [3.8, 4) is 5.75 Å². The van der Waals surface area contributed by atoms with Crippen molar-refractivity contribution < 1.29 is 14.3 Å². The van der Waals surface area contributed by atoms with Gasteiger partial charge in [-0.25, -0.2) is 4.79 Å². The highest BCUT2D eigenvalue weighted by Gasteiger charge is 2.33. The number of hydrogen-bond acceptors (Lipinski definition) is 4. The Morgan fingerprint density at radius 2 is 2.10 bits per heavy atom. The lowest BCUT2D eigenvalue weighted by Gasteiger charge is -2.37. The molecule has 2 aromatic rings. The highest BCUT2D eigenvalue weighted by Crippen LogP contribution is 2.34. The van der Waals surface area contributed by atoms with Crippen LogP contribution in [0.2, 0.25) is 0 Å². The number of benzene rings is 1. The van der Waals surface area contributed by atoms with E-state index >= 15 is 0 Å². The molecule has 1 aromatic carbocycles. The van der Waals surface area contributed by atoms with E-state index in [1.54, 1.807) is 17.4 Å². The van der Waals surface area contributed by atoms with E-state index in [1.165, 1.54) is 15.3 Å². The summed E-state index contributed by atoms with van der Waals surface area (Å²) in [6.07, 6.45) is 2.45. The van der Waals surface area contributed by atoms with Gasteiger partial charge in [0.25, 0.3) is 0 Å². The molecule has 1 unspecified atom stereocenters. The van der Waals surface area contributed by atoms with Gasteiger partial charge in [0.2, 0.25) is 5.91 Å². The average molecular weight is 428 g/mol. The molecule has 3 amide bonds. The van der Waals surface area contributed by atoms with E-state index in [9.17, 15) is 9.59 Å². The predicted octanol–water partition coefficient (Wildman–Crippen LogP) is 3.78. The largest absolute Gasteiger partial charge is 0.491 e. The summed E-state index contributed by atoms with van der Waals surface area (Å²) >= 11 is 1.72. The summed E-state index contributed by atoms with van der Waals surface area (Å²) in [4.78, 5) is 30.1. The molecule has 1 N–H and O–H groups in total. The zero-order valence-electron chi connectivity index (χ0n) is 17.6. The van der Waals surface area contributed by atoms with Gasteiger partial charge >= 0.3 is 6.03 Å². The van der Waals surface area contributed by atoms with Crippen molar-refractivity contribution in [3.63, 3.8) is 0 Å². The normalized spacial score (nSPS) is 15.3. The average Bonchev–Trinajstić information content (AvgIpc) is 3.22. The van der Waals surface area contributed by atoms with Gasteiger partial charge in [0.05, 0.1) is 6.04 Å². The number of nitrogens with zero attached hydrogens (tertiary/aromatic N) is 2. The highest BCUT2D eigenvalue weighted by atomic mass is 32.1. The minimum Gasteiger partial charge on any atom is -0.491 e.